The second-order valence-corrected chi connectivity index (χ2v) is 11.0. The molecule has 1 aliphatic carbocycles. The van der Waals surface area contributed by atoms with Gasteiger partial charge in [0.05, 0.1) is 6.61 Å². The monoisotopic (exact) mass is 750 g/mol. The van der Waals surface area contributed by atoms with Crippen LogP contribution in [0.1, 0.15) is 56.9 Å². The van der Waals surface area contributed by atoms with Crippen LogP contribution < -0.4 is 4.74 Å². The maximum atomic E-state index is 14.7. The molecule has 1 nitrogen and oxygen atoms in total. The normalized spacial score (nSPS) is 20.2. The van der Waals surface area contributed by atoms with Gasteiger partial charge < -0.3 is 4.74 Å². The van der Waals surface area contributed by atoms with Crippen molar-refractivity contribution in [2.24, 2.45) is 5.92 Å². The van der Waals surface area contributed by atoms with Crippen molar-refractivity contribution >= 4 is 0 Å². The lowest BCUT2D eigenvalue weighted by atomic mass is 9.73. The molecule has 0 bridgehead atoms. The highest BCUT2D eigenvalue weighted by Crippen LogP contribution is 2.67. The van der Waals surface area contributed by atoms with E-state index < -0.39 is 97.0 Å². The van der Waals surface area contributed by atoms with Gasteiger partial charge in [-0.2, -0.15) is 92.2 Å². The van der Waals surface area contributed by atoms with Gasteiger partial charge in [-0.25, -0.2) is 0 Å². The van der Waals surface area contributed by atoms with E-state index in [-0.39, 0.29) is 0 Å². The van der Waals surface area contributed by atoms with E-state index in [9.17, 15) is 92.2 Å². The predicted octanol–water partition coefficient (Wildman–Crippen LogP) is 11.4. The zero-order chi connectivity index (χ0) is 37.8. The second kappa shape index (κ2) is 12.7. The second-order valence-electron chi connectivity index (χ2n) is 11.0. The van der Waals surface area contributed by atoms with E-state index in [1.165, 1.54) is 24.3 Å². The first-order valence-electron chi connectivity index (χ1n) is 13.5. The van der Waals surface area contributed by atoms with Crippen molar-refractivity contribution < 1.29 is 96.9 Å². The molecule has 0 spiro atoms. The highest BCUT2D eigenvalue weighted by Gasteiger charge is 2.98. The zero-order valence-corrected chi connectivity index (χ0v) is 23.8. The Morgan fingerprint density at radius 1 is 0.500 bits per heavy atom. The fraction of sp³-hybridized carbons (Fsp3) is 0.769. The van der Waals surface area contributed by atoms with Crippen molar-refractivity contribution in [2.45, 2.75) is 111 Å². The number of hydrogen-bond acceptors (Lipinski definition) is 1. The molecule has 0 aliphatic heterocycles. The van der Waals surface area contributed by atoms with Crippen molar-refractivity contribution in [1.29, 1.82) is 0 Å². The van der Waals surface area contributed by atoms with Gasteiger partial charge >= 0.3 is 59.5 Å². The SMILES string of the molecule is CCCCOc1ccc(C2CCC(C(F)(F)C(F)(F)C(F)(F)C(F)(F)C(F)(F)C(F)(F)C(F)(F)C(F)(F)C(F)(F)C(F)(F)F)CC2)cc1. The first-order chi connectivity index (χ1) is 21.3. The number of ether oxygens (including phenoxy) is 1. The summed E-state index contributed by atoms with van der Waals surface area (Å²) in [5.74, 6) is -80.1. The third-order valence-corrected chi connectivity index (χ3v) is 7.89. The largest absolute Gasteiger partial charge is 0.494 e. The Labute approximate surface area is 256 Å². The van der Waals surface area contributed by atoms with Crippen molar-refractivity contribution in [3.05, 3.63) is 29.8 Å². The molecule has 1 aliphatic rings. The highest BCUT2D eigenvalue weighted by molar-refractivity contribution is 5.30. The van der Waals surface area contributed by atoms with Gasteiger partial charge in [0.15, 0.2) is 0 Å². The first-order valence-corrected chi connectivity index (χ1v) is 13.5. The summed E-state index contributed by atoms with van der Waals surface area (Å²) in [6.07, 6.45) is -10.2. The van der Waals surface area contributed by atoms with Crippen LogP contribution in [0.4, 0.5) is 92.2 Å². The average Bonchev–Trinajstić information content (AvgIpc) is 2.96. The topological polar surface area (TPSA) is 9.23 Å². The quantitative estimate of drug-likeness (QED) is 0.136. The fourth-order valence-corrected chi connectivity index (χ4v) is 4.79. The maximum absolute atomic E-state index is 14.7. The minimum atomic E-state index is -9.16. The Bertz CT molecular complexity index is 1230. The number of rotatable bonds is 14. The van der Waals surface area contributed by atoms with Crippen LogP contribution in [-0.2, 0) is 0 Å². The van der Waals surface area contributed by atoms with E-state index in [0.29, 0.717) is 24.3 Å². The Morgan fingerprint density at radius 2 is 0.854 bits per heavy atom. The molecule has 0 N–H and O–H groups in total. The molecule has 1 aromatic carbocycles. The van der Waals surface area contributed by atoms with Gasteiger partial charge in [0.25, 0.3) is 0 Å². The molecule has 1 aromatic rings. The van der Waals surface area contributed by atoms with Crippen molar-refractivity contribution in [3.63, 3.8) is 0 Å². The predicted molar refractivity (Wildman–Crippen MR) is 122 cm³/mol. The average molecular weight is 750 g/mol. The van der Waals surface area contributed by atoms with E-state index in [1.807, 2.05) is 6.92 Å². The van der Waals surface area contributed by atoms with E-state index in [1.54, 1.807) is 0 Å². The molecule has 0 amide bonds. The van der Waals surface area contributed by atoms with Gasteiger partial charge in [-0.3, -0.25) is 0 Å². The van der Waals surface area contributed by atoms with Gasteiger partial charge in [-0.15, -0.1) is 0 Å². The van der Waals surface area contributed by atoms with E-state index in [0.717, 1.165) is 6.42 Å². The van der Waals surface area contributed by atoms with Crippen LogP contribution in [0.15, 0.2) is 24.3 Å². The molecule has 0 radical (unpaired) electrons. The molecule has 48 heavy (non-hydrogen) atoms. The van der Waals surface area contributed by atoms with Crippen LogP contribution in [0.5, 0.6) is 5.75 Å². The molecule has 0 aromatic heterocycles. The highest BCUT2D eigenvalue weighted by atomic mass is 19.4. The number of hydrogen-bond donors (Lipinski definition) is 0. The third kappa shape index (κ3) is 6.12. The minimum absolute atomic E-state index is 0.320. The maximum Gasteiger partial charge on any atom is 0.460 e. The summed E-state index contributed by atoms with van der Waals surface area (Å²) < 4.78 is 293. The molecule has 1 saturated carbocycles. The lowest BCUT2D eigenvalue weighted by Gasteiger charge is -2.46. The van der Waals surface area contributed by atoms with Crippen LogP contribution in [0.3, 0.4) is 0 Å². The summed E-state index contributed by atoms with van der Waals surface area (Å²) in [6, 6.07) is 5.64. The lowest BCUT2D eigenvalue weighted by molar-refractivity contribution is -0.475. The third-order valence-electron chi connectivity index (χ3n) is 7.89. The molecular formula is C26H23F21O. The summed E-state index contributed by atoms with van der Waals surface area (Å²) >= 11 is 0. The fourth-order valence-electron chi connectivity index (χ4n) is 4.79. The zero-order valence-electron chi connectivity index (χ0n) is 23.8. The molecule has 0 saturated heterocycles. The van der Waals surface area contributed by atoms with Crippen molar-refractivity contribution in [2.75, 3.05) is 6.61 Å². The molecule has 0 atom stereocenters. The summed E-state index contributed by atoms with van der Waals surface area (Å²) in [6.45, 7) is 2.19. The summed E-state index contributed by atoms with van der Waals surface area (Å²) in [4.78, 5) is 0. The summed E-state index contributed by atoms with van der Waals surface area (Å²) in [5, 5.41) is 0. The Hall–Kier alpha value is -2.45. The minimum Gasteiger partial charge on any atom is -0.494 e. The van der Waals surface area contributed by atoms with Crippen LogP contribution in [0, 0.1) is 5.92 Å². The van der Waals surface area contributed by atoms with Gasteiger partial charge in [0, 0.05) is 5.92 Å². The Morgan fingerprint density at radius 3 is 1.21 bits per heavy atom. The standard InChI is InChI=1S/C26H23F21O/c1-2-3-12-48-16-10-6-14(7-11-16)13-4-8-15(9-5-13)17(27,28)18(29,30)19(31,32)20(33,34)21(35,36)22(37,38)23(39,40)24(41,42)25(43,44)26(45,46)47/h6-7,10-11,13,15H,2-5,8-9,12H2,1H3. The number of alkyl halides is 21. The van der Waals surface area contributed by atoms with Crippen LogP contribution in [-0.4, -0.2) is 66.1 Å². The van der Waals surface area contributed by atoms with Crippen LogP contribution >= 0.6 is 0 Å². The molecule has 0 unspecified atom stereocenters. The number of halogens is 21. The van der Waals surface area contributed by atoms with Gasteiger partial charge in [0.1, 0.15) is 5.75 Å². The van der Waals surface area contributed by atoms with Gasteiger partial charge in [0.2, 0.25) is 0 Å². The first kappa shape index (κ1) is 41.7. The summed E-state index contributed by atoms with van der Waals surface area (Å²) in [5.41, 5.74) is 0.360. The van der Waals surface area contributed by atoms with Gasteiger partial charge in [-0.1, -0.05) is 25.5 Å². The summed E-state index contributed by atoms with van der Waals surface area (Å²) in [7, 11) is 0. The molecule has 2 rings (SSSR count). The van der Waals surface area contributed by atoms with Crippen molar-refractivity contribution in [3.8, 4) is 5.75 Å². The van der Waals surface area contributed by atoms with E-state index in [4.69, 9.17) is 4.74 Å². The molecule has 280 valence electrons. The number of benzene rings is 1. The molecular weight excluding hydrogens is 727 g/mol. The van der Waals surface area contributed by atoms with Crippen molar-refractivity contribution in [1.82, 2.24) is 0 Å². The smallest absolute Gasteiger partial charge is 0.460 e. The number of unbranched alkanes of at least 4 members (excludes halogenated alkanes) is 1. The van der Waals surface area contributed by atoms with Gasteiger partial charge in [-0.05, 0) is 55.7 Å². The van der Waals surface area contributed by atoms with Crippen LogP contribution in [0.25, 0.3) is 0 Å². The lowest BCUT2D eigenvalue weighted by Crippen LogP contribution is -2.77. The Balaban J connectivity index is 2.40. The molecule has 1 fully saturated rings. The van der Waals surface area contributed by atoms with Crippen LogP contribution in [0.2, 0.25) is 0 Å². The molecule has 0 heterocycles. The molecule has 22 heteroatoms. The Kier molecular flexibility index (Phi) is 11.0. The van der Waals surface area contributed by atoms with E-state index in [2.05, 4.69) is 0 Å². The van der Waals surface area contributed by atoms with E-state index >= 15 is 0 Å².